The maximum Gasteiger partial charge on any atom is 0.200 e. The molecule has 0 aliphatic heterocycles. The highest BCUT2D eigenvalue weighted by atomic mass is 19.2. The zero-order valence-electron chi connectivity index (χ0n) is 9.28. The van der Waals surface area contributed by atoms with Gasteiger partial charge >= 0.3 is 0 Å². The zero-order valence-corrected chi connectivity index (χ0v) is 9.28. The molecule has 2 aromatic carbocycles. The van der Waals surface area contributed by atoms with Gasteiger partial charge in [0.05, 0.1) is 0 Å². The van der Waals surface area contributed by atoms with Gasteiger partial charge in [0, 0.05) is 12.1 Å². The van der Waals surface area contributed by atoms with Gasteiger partial charge in [0.2, 0.25) is 7.28 Å². The summed E-state index contributed by atoms with van der Waals surface area (Å²) in [5, 5.41) is 0. The van der Waals surface area contributed by atoms with Crippen LogP contribution < -0.4 is 10.9 Å². The molecule has 0 N–H and O–H groups in total. The lowest BCUT2D eigenvalue weighted by atomic mass is 9.63. The van der Waals surface area contributed by atoms with Crippen molar-refractivity contribution in [1.82, 2.24) is 0 Å². The first kappa shape index (κ1) is 13.5. The van der Waals surface area contributed by atoms with E-state index in [0.717, 1.165) is 0 Å². The first-order valence-electron chi connectivity index (χ1n) is 5.15. The molecule has 19 heavy (non-hydrogen) atoms. The fourth-order valence-corrected chi connectivity index (χ4v) is 1.68. The lowest BCUT2D eigenvalue weighted by Gasteiger charge is -2.06. The maximum atomic E-state index is 13.3. The minimum absolute atomic E-state index is 0.321. The van der Waals surface area contributed by atoms with Crippen molar-refractivity contribution in [1.29, 1.82) is 0 Å². The van der Waals surface area contributed by atoms with Crippen LogP contribution in [-0.4, -0.2) is 7.28 Å². The highest BCUT2D eigenvalue weighted by Crippen LogP contribution is 2.08. The van der Waals surface area contributed by atoms with Crippen molar-refractivity contribution in [3.63, 3.8) is 0 Å². The normalized spacial score (nSPS) is 10.6. The molecule has 0 aromatic heterocycles. The number of benzene rings is 2. The Morgan fingerprint density at radius 3 is 1.32 bits per heavy atom. The van der Waals surface area contributed by atoms with Crippen molar-refractivity contribution in [2.24, 2.45) is 0 Å². The molecule has 0 unspecified atom stereocenters. The molecule has 0 fully saturated rings. The van der Waals surface area contributed by atoms with E-state index in [1.54, 1.807) is 0 Å². The predicted molar refractivity (Wildman–Crippen MR) is 59.0 cm³/mol. The van der Waals surface area contributed by atoms with Crippen molar-refractivity contribution >= 4 is 18.2 Å². The number of halogens is 6. The first-order chi connectivity index (χ1) is 8.88. The van der Waals surface area contributed by atoms with E-state index in [4.69, 9.17) is 0 Å². The number of hydrogen-bond donors (Lipinski definition) is 0. The lowest BCUT2D eigenvalue weighted by Crippen LogP contribution is -2.33. The monoisotopic (exact) mass is 274 g/mol. The van der Waals surface area contributed by atoms with Crippen LogP contribution >= 0.6 is 0 Å². The molecule has 0 atom stereocenters. The van der Waals surface area contributed by atoms with E-state index >= 15 is 0 Å². The number of hydrogen-bond acceptors (Lipinski definition) is 0. The van der Waals surface area contributed by atoms with Crippen LogP contribution in [0.5, 0.6) is 0 Å². The molecule has 0 nitrogen and oxygen atoms in total. The largest absolute Gasteiger partial charge is 0.207 e. The quantitative estimate of drug-likeness (QED) is 0.446. The molecular weight excluding hydrogens is 269 g/mol. The molecule has 0 radical (unpaired) electrons. The Balaban J connectivity index is 2.47. The minimum atomic E-state index is -1.45. The van der Waals surface area contributed by atoms with E-state index in [0.29, 0.717) is 24.3 Å². The Labute approximate surface area is 104 Å². The van der Waals surface area contributed by atoms with E-state index in [1.807, 2.05) is 0 Å². The summed E-state index contributed by atoms with van der Waals surface area (Å²) >= 11 is 0. The SMILES string of the molecule is Fc1cc(F)c(F)c(Bc2cc(F)cc(F)c2F)c1. The lowest BCUT2D eigenvalue weighted by molar-refractivity contribution is 0.499. The van der Waals surface area contributed by atoms with Crippen LogP contribution in [-0.2, 0) is 0 Å². The Kier molecular flexibility index (Phi) is 3.55. The number of rotatable bonds is 2. The minimum Gasteiger partial charge on any atom is -0.207 e. The second kappa shape index (κ2) is 4.99. The van der Waals surface area contributed by atoms with Crippen LogP contribution in [0.15, 0.2) is 24.3 Å². The summed E-state index contributed by atoms with van der Waals surface area (Å²) in [6.45, 7) is 0. The molecule has 0 aliphatic carbocycles. The van der Waals surface area contributed by atoms with Crippen LogP contribution in [0.3, 0.4) is 0 Å². The fourth-order valence-electron chi connectivity index (χ4n) is 1.68. The highest BCUT2D eigenvalue weighted by Gasteiger charge is 2.17. The Morgan fingerprint density at radius 2 is 0.947 bits per heavy atom. The molecule has 0 saturated carbocycles. The molecule has 0 saturated heterocycles. The van der Waals surface area contributed by atoms with Crippen LogP contribution in [0.25, 0.3) is 0 Å². The molecule has 0 heterocycles. The standard InChI is InChI=1S/C12H5BF6/c14-5-1-7(11(18)9(16)3-5)13-8-2-6(15)4-10(17)12(8)19/h1-4,13H. The van der Waals surface area contributed by atoms with Crippen LogP contribution in [0, 0.1) is 34.9 Å². The third-order valence-electron chi connectivity index (χ3n) is 2.52. The van der Waals surface area contributed by atoms with Crippen LogP contribution in [0.2, 0.25) is 0 Å². The summed E-state index contributed by atoms with van der Waals surface area (Å²) in [5.74, 6) is -7.80. The van der Waals surface area contributed by atoms with Gasteiger partial charge in [-0.15, -0.1) is 0 Å². The third kappa shape index (κ3) is 2.75. The maximum absolute atomic E-state index is 13.3. The Bertz CT molecular complexity index is 585. The van der Waals surface area contributed by atoms with Crippen molar-refractivity contribution in [3.05, 3.63) is 59.2 Å². The highest BCUT2D eigenvalue weighted by molar-refractivity contribution is 6.67. The summed E-state index contributed by atoms with van der Waals surface area (Å²) in [6.07, 6.45) is 0. The van der Waals surface area contributed by atoms with Crippen molar-refractivity contribution in [3.8, 4) is 0 Å². The summed E-state index contributed by atoms with van der Waals surface area (Å²) < 4.78 is 78.4. The average Bonchev–Trinajstić information content (AvgIpc) is 2.31. The summed E-state index contributed by atoms with van der Waals surface area (Å²) in [5.41, 5.74) is -1.05. The van der Waals surface area contributed by atoms with Gasteiger partial charge in [0.1, 0.15) is 11.6 Å². The average molecular weight is 274 g/mol. The predicted octanol–water partition coefficient (Wildman–Crippen LogP) is 1.91. The molecular formula is C12H5BF6. The second-order valence-corrected chi connectivity index (χ2v) is 3.90. The van der Waals surface area contributed by atoms with Gasteiger partial charge in [0.25, 0.3) is 0 Å². The summed E-state index contributed by atoms with van der Waals surface area (Å²) in [7, 11) is -0.666. The van der Waals surface area contributed by atoms with Crippen molar-refractivity contribution < 1.29 is 26.3 Å². The zero-order chi connectivity index (χ0) is 14.2. The molecule has 0 spiro atoms. The van der Waals surface area contributed by atoms with E-state index in [2.05, 4.69) is 0 Å². The molecule has 2 aromatic rings. The van der Waals surface area contributed by atoms with Crippen LogP contribution in [0.4, 0.5) is 26.3 Å². The molecule has 0 amide bonds. The smallest absolute Gasteiger partial charge is 0.200 e. The van der Waals surface area contributed by atoms with Crippen LogP contribution in [0.1, 0.15) is 0 Å². The third-order valence-corrected chi connectivity index (χ3v) is 2.52. The van der Waals surface area contributed by atoms with Gasteiger partial charge in [0.15, 0.2) is 23.3 Å². The van der Waals surface area contributed by atoms with Crippen molar-refractivity contribution in [2.45, 2.75) is 0 Å². The first-order valence-corrected chi connectivity index (χ1v) is 5.15. The fraction of sp³-hybridized carbons (Fsp3) is 0. The molecule has 0 bridgehead atoms. The Morgan fingerprint density at radius 1 is 0.579 bits per heavy atom. The van der Waals surface area contributed by atoms with Gasteiger partial charge in [-0.1, -0.05) is 0 Å². The van der Waals surface area contributed by atoms with E-state index in [9.17, 15) is 26.3 Å². The summed E-state index contributed by atoms with van der Waals surface area (Å²) in [6, 6.07) is 1.92. The molecule has 0 aliphatic rings. The van der Waals surface area contributed by atoms with E-state index in [-0.39, 0.29) is 0 Å². The van der Waals surface area contributed by atoms with E-state index in [1.165, 1.54) is 0 Å². The Hall–Kier alpha value is -1.92. The van der Waals surface area contributed by atoms with Gasteiger partial charge in [-0.05, 0) is 23.1 Å². The molecule has 7 heteroatoms. The van der Waals surface area contributed by atoms with Gasteiger partial charge in [-0.25, -0.2) is 26.3 Å². The summed E-state index contributed by atoms with van der Waals surface area (Å²) in [4.78, 5) is 0. The topological polar surface area (TPSA) is 0 Å². The van der Waals surface area contributed by atoms with E-state index < -0.39 is 53.1 Å². The van der Waals surface area contributed by atoms with Crippen molar-refractivity contribution in [2.75, 3.05) is 0 Å². The van der Waals surface area contributed by atoms with Gasteiger partial charge in [-0.2, -0.15) is 0 Å². The second-order valence-electron chi connectivity index (χ2n) is 3.90. The van der Waals surface area contributed by atoms with Gasteiger partial charge < -0.3 is 0 Å². The van der Waals surface area contributed by atoms with Gasteiger partial charge in [-0.3, -0.25) is 0 Å². The molecule has 2 rings (SSSR count). The molecule has 98 valence electrons.